The Balaban J connectivity index is 1.53. The summed E-state index contributed by atoms with van der Waals surface area (Å²) in [6, 6.07) is 5.00. The van der Waals surface area contributed by atoms with Crippen molar-refractivity contribution < 1.29 is 26.1 Å². The Hall–Kier alpha value is -2.14. The molecule has 2 N–H and O–H groups in total. The van der Waals surface area contributed by atoms with E-state index >= 15 is 0 Å². The minimum absolute atomic E-state index is 0.0743. The van der Waals surface area contributed by atoms with Crippen molar-refractivity contribution in [2.45, 2.75) is 63.4 Å². The number of halogens is 3. The van der Waals surface area contributed by atoms with Crippen molar-refractivity contribution in [3.63, 3.8) is 0 Å². The van der Waals surface area contributed by atoms with E-state index in [1.54, 1.807) is 20.8 Å². The monoisotopic (exact) mass is 460 g/mol. The minimum atomic E-state index is -4.44. The van der Waals surface area contributed by atoms with Crippen LogP contribution in [0.1, 0.15) is 52.0 Å². The fraction of sp³-hybridized carbons (Fsp3) is 0.600. The summed E-state index contributed by atoms with van der Waals surface area (Å²) in [4.78, 5) is 4.16. The maximum atomic E-state index is 12.9. The first kappa shape index (κ1) is 23.5. The molecule has 7 nitrogen and oxygen atoms in total. The Bertz CT molecular complexity index is 992. The fourth-order valence-electron chi connectivity index (χ4n) is 3.36. The van der Waals surface area contributed by atoms with Crippen molar-refractivity contribution >= 4 is 16.0 Å². The molecule has 2 aromatic rings. The Kier molecular flexibility index (Phi) is 6.66. The number of benzene rings is 1. The lowest BCUT2D eigenvalue weighted by atomic mass is 9.86. The van der Waals surface area contributed by atoms with Gasteiger partial charge < -0.3 is 9.84 Å². The van der Waals surface area contributed by atoms with Crippen molar-refractivity contribution in [2.24, 2.45) is 5.92 Å². The third-order valence-corrected chi connectivity index (χ3v) is 7.58. The van der Waals surface area contributed by atoms with Crippen LogP contribution in [0.4, 0.5) is 19.2 Å². The van der Waals surface area contributed by atoms with E-state index in [9.17, 15) is 21.6 Å². The molecule has 1 aliphatic rings. The quantitative estimate of drug-likeness (QED) is 0.661. The largest absolute Gasteiger partial charge is 0.416 e. The Morgan fingerprint density at radius 3 is 2.42 bits per heavy atom. The second-order valence-corrected chi connectivity index (χ2v) is 11.3. The first-order chi connectivity index (χ1) is 14.3. The van der Waals surface area contributed by atoms with E-state index < -0.39 is 26.5 Å². The number of nitrogens with one attached hydrogen (secondary N) is 2. The van der Waals surface area contributed by atoms with Gasteiger partial charge in [0.25, 0.3) is 0 Å². The minimum Gasteiger partial charge on any atom is -0.335 e. The van der Waals surface area contributed by atoms with Gasteiger partial charge in [-0.25, -0.2) is 13.1 Å². The highest BCUT2D eigenvalue weighted by molar-refractivity contribution is 7.90. The van der Waals surface area contributed by atoms with Gasteiger partial charge in [-0.05, 0) is 64.5 Å². The summed E-state index contributed by atoms with van der Waals surface area (Å²) < 4.78 is 70.1. The molecular weight excluding hydrogens is 433 g/mol. The second-order valence-electron chi connectivity index (χ2n) is 8.83. The normalized spacial score (nSPS) is 20.6. The zero-order chi connectivity index (χ0) is 22.9. The number of hydrogen-bond donors (Lipinski definition) is 2. The van der Waals surface area contributed by atoms with E-state index in [1.165, 1.54) is 12.1 Å². The molecule has 1 fully saturated rings. The lowest BCUT2D eigenvalue weighted by Crippen LogP contribution is -2.42. The molecule has 3 rings (SSSR count). The molecule has 11 heteroatoms. The molecule has 0 spiro atoms. The van der Waals surface area contributed by atoms with Gasteiger partial charge in [0.2, 0.25) is 15.8 Å². The lowest BCUT2D eigenvalue weighted by molar-refractivity contribution is -0.137. The third-order valence-electron chi connectivity index (χ3n) is 5.42. The zero-order valence-electron chi connectivity index (χ0n) is 17.7. The topological polar surface area (TPSA) is 97.1 Å². The summed E-state index contributed by atoms with van der Waals surface area (Å²) in [6.45, 7) is 5.39. The predicted octanol–water partition coefficient (Wildman–Crippen LogP) is 4.44. The van der Waals surface area contributed by atoms with Gasteiger partial charge in [0.05, 0.1) is 10.3 Å². The Morgan fingerprint density at radius 2 is 1.81 bits per heavy atom. The summed E-state index contributed by atoms with van der Waals surface area (Å²) >= 11 is 0. The summed E-state index contributed by atoms with van der Waals surface area (Å²) in [5.74, 6) is 0.331. The highest BCUT2D eigenvalue weighted by atomic mass is 32.2. The van der Waals surface area contributed by atoms with Crippen LogP contribution in [0.25, 0.3) is 11.4 Å². The Labute approximate surface area is 179 Å². The molecule has 0 unspecified atom stereocenters. The SMILES string of the molecule is CC(C)(C)S(=O)(=O)NCC1CCC(Nc2nc(-c3cccc(C(F)(F)F)c3)no2)CC1. The first-order valence-corrected chi connectivity index (χ1v) is 11.6. The zero-order valence-corrected chi connectivity index (χ0v) is 18.5. The van der Waals surface area contributed by atoms with Crippen LogP contribution >= 0.6 is 0 Å². The average molecular weight is 461 g/mol. The highest BCUT2D eigenvalue weighted by Crippen LogP contribution is 2.32. The van der Waals surface area contributed by atoms with Crippen LogP contribution in [-0.4, -0.2) is 35.9 Å². The van der Waals surface area contributed by atoms with Gasteiger partial charge >= 0.3 is 12.2 Å². The molecular formula is C20H27F3N4O3S. The number of rotatable bonds is 6. The fourth-order valence-corrected chi connectivity index (χ4v) is 4.25. The van der Waals surface area contributed by atoms with Gasteiger partial charge in [0, 0.05) is 18.2 Å². The van der Waals surface area contributed by atoms with Gasteiger partial charge in [-0.2, -0.15) is 18.2 Å². The molecule has 31 heavy (non-hydrogen) atoms. The molecule has 172 valence electrons. The molecule has 1 heterocycles. The van der Waals surface area contributed by atoms with Crippen LogP contribution < -0.4 is 10.0 Å². The standard InChI is InChI=1S/C20H27F3N4O3S/c1-19(2,3)31(28,29)24-12-13-7-9-16(10-8-13)25-18-26-17(27-30-18)14-5-4-6-15(11-14)20(21,22)23/h4-6,11,13,16,24H,7-10,12H2,1-3H3,(H,25,26,27). The van der Waals surface area contributed by atoms with E-state index in [4.69, 9.17) is 4.52 Å². The molecule has 1 aromatic carbocycles. The summed E-state index contributed by atoms with van der Waals surface area (Å²) in [5, 5.41) is 6.91. The van der Waals surface area contributed by atoms with E-state index in [-0.39, 0.29) is 29.4 Å². The van der Waals surface area contributed by atoms with Crippen LogP contribution in [0, 0.1) is 5.92 Å². The molecule has 1 saturated carbocycles. The van der Waals surface area contributed by atoms with Crippen LogP contribution in [0.3, 0.4) is 0 Å². The van der Waals surface area contributed by atoms with E-state index in [0.717, 1.165) is 37.8 Å². The lowest BCUT2D eigenvalue weighted by Gasteiger charge is -2.29. The van der Waals surface area contributed by atoms with E-state index in [1.807, 2.05) is 0 Å². The molecule has 0 atom stereocenters. The van der Waals surface area contributed by atoms with E-state index in [2.05, 4.69) is 20.2 Å². The van der Waals surface area contributed by atoms with E-state index in [0.29, 0.717) is 6.54 Å². The van der Waals surface area contributed by atoms with Gasteiger partial charge in [-0.1, -0.05) is 17.3 Å². The molecule has 0 aliphatic heterocycles. The maximum absolute atomic E-state index is 12.9. The van der Waals surface area contributed by atoms with Gasteiger partial charge in [-0.3, -0.25) is 0 Å². The number of hydrogen-bond acceptors (Lipinski definition) is 6. The average Bonchev–Trinajstić information content (AvgIpc) is 3.15. The molecule has 0 bridgehead atoms. The molecule has 0 radical (unpaired) electrons. The summed E-state index contributed by atoms with van der Waals surface area (Å²) in [5.41, 5.74) is -0.550. The van der Waals surface area contributed by atoms with Crippen LogP contribution in [-0.2, 0) is 16.2 Å². The third kappa shape index (κ3) is 5.97. The van der Waals surface area contributed by atoms with Crippen molar-refractivity contribution in [3.8, 4) is 11.4 Å². The second kappa shape index (κ2) is 8.78. The van der Waals surface area contributed by atoms with Crippen molar-refractivity contribution in [1.82, 2.24) is 14.9 Å². The number of nitrogens with zero attached hydrogens (tertiary/aromatic N) is 2. The predicted molar refractivity (Wildman–Crippen MR) is 111 cm³/mol. The van der Waals surface area contributed by atoms with Gasteiger partial charge in [0.15, 0.2) is 0 Å². The Morgan fingerprint density at radius 1 is 1.13 bits per heavy atom. The number of anilines is 1. The number of aromatic nitrogens is 2. The molecule has 1 aliphatic carbocycles. The molecule has 0 amide bonds. The molecule has 0 saturated heterocycles. The summed E-state index contributed by atoms with van der Waals surface area (Å²) in [6.07, 6.45) is -1.19. The molecule has 1 aromatic heterocycles. The van der Waals surface area contributed by atoms with Crippen LogP contribution in [0.2, 0.25) is 0 Å². The summed E-state index contributed by atoms with van der Waals surface area (Å²) in [7, 11) is -3.36. The van der Waals surface area contributed by atoms with Crippen molar-refractivity contribution in [1.29, 1.82) is 0 Å². The maximum Gasteiger partial charge on any atom is 0.416 e. The van der Waals surface area contributed by atoms with Gasteiger partial charge in [-0.15, -0.1) is 0 Å². The van der Waals surface area contributed by atoms with Gasteiger partial charge in [0.1, 0.15) is 0 Å². The smallest absolute Gasteiger partial charge is 0.335 e. The first-order valence-electron chi connectivity index (χ1n) is 10.1. The highest BCUT2D eigenvalue weighted by Gasteiger charge is 2.32. The number of alkyl halides is 3. The van der Waals surface area contributed by atoms with Crippen molar-refractivity contribution in [3.05, 3.63) is 29.8 Å². The van der Waals surface area contributed by atoms with Crippen LogP contribution in [0.15, 0.2) is 28.8 Å². The number of sulfonamides is 1. The van der Waals surface area contributed by atoms with Crippen molar-refractivity contribution in [2.75, 3.05) is 11.9 Å². The van der Waals surface area contributed by atoms with Crippen LogP contribution in [0.5, 0.6) is 0 Å².